The molecule has 0 aromatic heterocycles. The summed E-state index contributed by atoms with van der Waals surface area (Å²) in [6.45, 7) is 6.43. The Morgan fingerprint density at radius 2 is 1.25 bits per heavy atom. The average Bonchev–Trinajstić information content (AvgIpc) is 2.78. The number of ketones is 1. The summed E-state index contributed by atoms with van der Waals surface area (Å²) >= 11 is 0. The first-order valence-corrected chi connectivity index (χ1v) is 13.1. The lowest BCUT2D eigenvalue weighted by molar-refractivity contribution is -0.148. The number of carbonyl (C=O) groups excluding carboxylic acids is 3. The van der Waals surface area contributed by atoms with E-state index in [4.69, 9.17) is 9.47 Å². The van der Waals surface area contributed by atoms with Crippen LogP contribution in [-0.4, -0.2) is 43.5 Å². The van der Waals surface area contributed by atoms with Gasteiger partial charge in [0, 0.05) is 6.42 Å². The number of ether oxygens (including phenoxy) is 2. The Morgan fingerprint density at radius 3 is 1.78 bits per heavy atom. The third kappa shape index (κ3) is 19.3. The molecule has 0 unspecified atom stereocenters. The van der Waals surface area contributed by atoms with Crippen molar-refractivity contribution in [3.63, 3.8) is 0 Å². The molecule has 0 spiro atoms. The van der Waals surface area contributed by atoms with Gasteiger partial charge >= 0.3 is 5.97 Å². The molecule has 0 aromatic rings. The smallest absolute Gasteiger partial charge is 0.332 e. The second-order valence-electron chi connectivity index (χ2n) is 8.70. The van der Waals surface area contributed by atoms with E-state index in [0.717, 1.165) is 38.5 Å². The van der Waals surface area contributed by atoms with Gasteiger partial charge in [0.15, 0.2) is 0 Å². The standard InChI is InChI=1S/C26H49NO5/c1-4-7-9-10-11-12-13-14-15-16-17-18-20-24(28)26(30)27-23(19-8-5-2)21-31-22-25(29)32-6-3/h23H,4-22H2,1-3H3,(H,27,30)/t23-/m0/s1. The fourth-order valence-electron chi connectivity index (χ4n) is 3.64. The molecule has 1 N–H and O–H groups in total. The third-order valence-electron chi connectivity index (χ3n) is 5.60. The van der Waals surface area contributed by atoms with E-state index >= 15 is 0 Å². The largest absolute Gasteiger partial charge is 0.464 e. The number of nitrogens with one attached hydrogen (secondary N) is 1. The van der Waals surface area contributed by atoms with Gasteiger partial charge in [-0.2, -0.15) is 0 Å². The fraction of sp³-hybridized carbons (Fsp3) is 0.885. The Labute approximate surface area is 196 Å². The van der Waals surface area contributed by atoms with E-state index in [0.29, 0.717) is 13.0 Å². The first-order valence-electron chi connectivity index (χ1n) is 13.1. The van der Waals surface area contributed by atoms with E-state index in [1.165, 1.54) is 57.8 Å². The molecule has 0 fully saturated rings. The maximum absolute atomic E-state index is 12.2. The van der Waals surface area contributed by atoms with Crippen LogP contribution in [0, 0.1) is 0 Å². The minimum absolute atomic E-state index is 0.140. The predicted molar refractivity (Wildman–Crippen MR) is 130 cm³/mol. The van der Waals surface area contributed by atoms with Crippen LogP contribution in [0.4, 0.5) is 0 Å². The zero-order chi connectivity index (χ0) is 23.9. The van der Waals surface area contributed by atoms with Crippen molar-refractivity contribution in [2.45, 2.75) is 130 Å². The summed E-state index contributed by atoms with van der Waals surface area (Å²) in [5.41, 5.74) is 0. The second-order valence-corrected chi connectivity index (χ2v) is 8.70. The van der Waals surface area contributed by atoms with Gasteiger partial charge < -0.3 is 14.8 Å². The van der Waals surface area contributed by atoms with Crippen LogP contribution >= 0.6 is 0 Å². The van der Waals surface area contributed by atoms with Crippen LogP contribution in [0.25, 0.3) is 0 Å². The van der Waals surface area contributed by atoms with Crippen LogP contribution < -0.4 is 5.32 Å². The molecular weight excluding hydrogens is 406 g/mol. The normalized spacial score (nSPS) is 11.8. The lowest BCUT2D eigenvalue weighted by Gasteiger charge is -2.18. The molecule has 1 amide bonds. The molecule has 0 heterocycles. The summed E-state index contributed by atoms with van der Waals surface area (Å²) in [7, 11) is 0. The Morgan fingerprint density at radius 1 is 0.719 bits per heavy atom. The number of rotatable bonds is 23. The molecule has 32 heavy (non-hydrogen) atoms. The summed E-state index contributed by atoms with van der Waals surface area (Å²) in [5, 5.41) is 2.79. The summed E-state index contributed by atoms with van der Waals surface area (Å²) in [6.07, 6.45) is 17.7. The first kappa shape index (κ1) is 30.6. The summed E-state index contributed by atoms with van der Waals surface area (Å²) in [5.74, 6) is -1.31. The number of Topliss-reactive ketones (excluding diaryl/α,β-unsaturated/α-hetero) is 1. The molecule has 0 bridgehead atoms. The lowest BCUT2D eigenvalue weighted by atomic mass is 10.0. The van der Waals surface area contributed by atoms with Gasteiger partial charge in [-0.1, -0.05) is 97.3 Å². The van der Waals surface area contributed by atoms with Crippen molar-refractivity contribution in [3.8, 4) is 0 Å². The highest BCUT2D eigenvalue weighted by atomic mass is 16.6. The molecule has 0 saturated carbocycles. The molecule has 0 rings (SSSR count). The zero-order valence-corrected chi connectivity index (χ0v) is 21.1. The van der Waals surface area contributed by atoms with E-state index in [1.54, 1.807) is 6.92 Å². The van der Waals surface area contributed by atoms with E-state index in [-0.39, 0.29) is 25.0 Å². The van der Waals surface area contributed by atoms with Crippen LogP contribution in [0.2, 0.25) is 0 Å². The molecule has 0 aromatic carbocycles. The van der Waals surface area contributed by atoms with Gasteiger partial charge in [0.05, 0.1) is 19.3 Å². The van der Waals surface area contributed by atoms with Crippen LogP contribution in [0.1, 0.15) is 124 Å². The number of esters is 1. The molecule has 6 heteroatoms. The van der Waals surface area contributed by atoms with Gasteiger partial charge in [-0.15, -0.1) is 0 Å². The fourth-order valence-corrected chi connectivity index (χ4v) is 3.64. The molecule has 1 atom stereocenters. The number of hydrogen-bond acceptors (Lipinski definition) is 5. The maximum Gasteiger partial charge on any atom is 0.332 e. The second kappa shape index (κ2) is 22.8. The van der Waals surface area contributed by atoms with Crippen molar-refractivity contribution >= 4 is 17.7 Å². The van der Waals surface area contributed by atoms with Gasteiger partial charge in [0.2, 0.25) is 5.78 Å². The van der Waals surface area contributed by atoms with E-state index in [2.05, 4.69) is 19.2 Å². The van der Waals surface area contributed by atoms with Gasteiger partial charge in [-0.3, -0.25) is 9.59 Å². The van der Waals surface area contributed by atoms with E-state index < -0.39 is 11.9 Å². The molecule has 0 aliphatic carbocycles. The van der Waals surface area contributed by atoms with E-state index in [1.807, 2.05) is 0 Å². The molecule has 6 nitrogen and oxygen atoms in total. The Balaban J connectivity index is 3.88. The monoisotopic (exact) mass is 455 g/mol. The van der Waals surface area contributed by atoms with Crippen LogP contribution in [0.3, 0.4) is 0 Å². The molecule has 188 valence electrons. The van der Waals surface area contributed by atoms with Gasteiger partial charge in [-0.05, 0) is 19.8 Å². The molecule has 0 aliphatic heterocycles. The molecule has 0 aliphatic rings. The number of amides is 1. The Bertz CT molecular complexity index is 481. The summed E-state index contributed by atoms with van der Waals surface area (Å²) in [4.78, 5) is 35.8. The summed E-state index contributed by atoms with van der Waals surface area (Å²) in [6, 6.07) is -0.261. The molecule has 0 saturated heterocycles. The van der Waals surface area contributed by atoms with Crippen molar-refractivity contribution in [1.29, 1.82) is 0 Å². The van der Waals surface area contributed by atoms with Gasteiger partial charge in [-0.25, -0.2) is 4.79 Å². The molecule has 0 radical (unpaired) electrons. The summed E-state index contributed by atoms with van der Waals surface area (Å²) < 4.78 is 10.2. The Hall–Kier alpha value is -1.43. The van der Waals surface area contributed by atoms with E-state index in [9.17, 15) is 14.4 Å². The number of carbonyl (C=O) groups is 3. The van der Waals surface area contributed by atoms with Crippen LogP contribution in [0.15, 0.2) is 0 Å². The van der Waals surface area contributed by atoms with Crippen LogP contribution in [0.5, 0.6) is 0 Å². The highest BCUT2D eigenvalue weighted by Gasteiger charge is 2.18. The highest BCUT2D eigenvalue weighted by Crippen LogP contribution is 2.12. The lowest BCUT2D eigenvalue weighted by Crippen LogP contribution is -2.42. The van der Waals surface area contributed by atoms with Crippen molar-refractivity contribution in [3.05, 3.63) is 0 Å². The van der Waals surface area contributed by atoms with Crippen molar-refractivity contribution in [2.75, 3.05) is 19.8 Å². The topological polar surface area (TPSA) is 81.7 Å². The van der Waals surface area contributed by atoms with Gasteiger partial charge in [0.25, 0.3) is 5.91 Å². The SMILES string of the molecule is CCCCCCCCCCCCCCC(=O)C(=O)N[C@@H](CCCC)COCC(=O)OCC. The van der Waals surface area contributed by atoms with Gasteiger partial charge in [0.1, 0.15) is 6.61 Å². The predicted octanol–water partition coefficient (Wildman–Crippen LogP) is 5.90. The third-order valence-corrected chi connectivity index (χ3v) is 5.60. The average molecular weight is 456 g/mol. The van der Waals surface area contributed by atoms with Crippen LogP contribution in [-0.2, 0) is 23.9 Å². The van der Waals surface area contributed by atoms with Crippen molar-refractivity contribution < 1.29 is 23.9 Å². The first-order chi connectivity index (χ1) is 15.5. The highest BCUT2D eigenvalue weighted by molar-refractivity contribution is 6.36. The maximum atomic E-state index is 12.2. The minimum Gasteiger partial charge on any atom is -0.464 e. The number of unbranched alkanes of at least 4 members (excludes halogenated alkanes) is 12. The van der Waals surface area contributed by atoms with Crippen molar-refractivity contribution in [2.24, 2.45) is 0 Å². The Kier molecular flexibility index (Phi) is 21.7. The minimum atomic E-state index is -0.533. The number of hydrogen-bond donors (Lipinski definition) is 1. The molecular formula is C26H49NO5. The van der Waals surface area contributed by atoms with Crippen molar-refractivity contribution in [1.82, 2.24) is 5.32 Å². The quantitative estimate of drug-likeness (QED) is 0.118. The zero-order valence-electron chi connectivity index (χ0n) is 21.1.